The molecule has 136 heavy (non-hydrogen) atoms. The van der Waals surface area contributed by atoms with Gasteiger partial charge in [0.1, 0.15) is 68.6 Å². The number of rotatable bonds is 8. The second-order valence-corrected chi connectivity index (χ2v) is 33.4. The van der Waals surface area contributed by atoms with Crippen LogP contribution in [0.2, 0.25) is 0 Å². The van der Waals surface area contributed by atoms with Crippen molar-refractivity contribution in [2.24, 2.45) is 0 Å². The minimum atomic E-state index is 0.404. The van der Waals surface area contributed by atoms with E-state index < -0.39 is 0 Å². The zero-order chi connectivity index (χ0) is 90.6. The highest BCUT2D eigenvalue weighted by molar-refractivity contribution is 6.32. The lowest BCUT2D eigenvalue weighted by atomic mass is 10.0. The van der Waals surface area contributed by atoms with Crippen LogP contribution in [0.15, 0.2) is 431 Å². The molecule has 0 spiro atoms. The fourth-order valence-electron chi connectivity index (χ4n) is 20.5. The second kappa shape index (κ2) is 32.3. The Balaban J connectivity index is 0.0000000965. The number of nitriles is 4. The molecule has 0 bridgehead atoms. The number of pyridine rings is 4. The van der Waals surface area contributed by atoms with E-state index in [1.165, 1.54) is 37.7 Å². The average Bonchev–Trinajstić information content (AvgIpc) is 1.57. The third-order valence-corrected chi connectivity index (χ3v) is 26.1. The van der Waals surface area contributed by atoms with Crippen LogP contribution in [0.5, 0.6) is 0 Å². The molecule has 28 rings (SSSR count). The van der Waals surface area contributed by atoms with Crippen molar-refractivity contribution >= 4 is 175 Å². The van der Waals surface area contributed by atoms with Gasteiger partial charge in [-0.3, -0.25) is 15.0 Å². The maximum absolute atomic E-state index is 9.75. The van der Waals surface area contributed by atoms with Gasteiger partial charge in [0.15, 0.2) is 0 Å². The summed E-state index contributed by atoms with van der Waals surface area (Å²) in [5.74, 6) is 0. The van der Waals surface area contributed by atoms with Crippen molar-refractivity contribution < 1.29 is 17.7 Å². The number of fused-ring (bicyclic) bond motifs is 28. The largest absolute Gasteiger partial charge is 0.456 e. The van der Waals surface area contributed by atoms with E-state index in [-0.39, 0.29) is 0 Å². The molecular weight excluding hydrogens is 1670 g/mol. The van der Waals surface area contributed by atoms with Crippen molar-refractivity contribution in [3.8, 4) is 91.5 Å². The van der Waals surface area contributed by atoms with E-state index >= 15 is 0 Å². The van der Waals surface area contributed by atoms with Gasteiger partial charge in [-0.05, 0) is 157 Å². The van der Waals surface area contributed by atoms with Crippen LogP contribution in [-0.2, 0) is 0 Å². The zero-order valence-corrected chi connectivity index (χ0v) is 72.3. The van der Waals surface area contributed by atoms with Crippen LogP contribution in [-0.4, -0.2) is 38.2 Å². The number of furan rings is 4. The summed E-state index contributed by atoms with van der Waals surface area (Å²) < 4.78 is 34.0. The number of hydrogen-bond acceptors (Lipinski definition) is 12. The minimum absolute atomic E-state index is 0.404. The smallest absolute Gasteiger partial charge is 0.141 e. The van der Waals surface area contributed by atoms with E-state index in [0.717, 1.165) is 205 Å². The zero-order valence-electron chi connectivity index (χ0n) is 72.3. The van der Waals surface area contributed by atoms with Gasteiger partial charge in [-0.2, -0.15) is 21.0 Å². The molecule has 0 aliphatic heterocycles. The molecule has 0 radical (unpaired) electrons. The van der Waals surface area contributed by atoms with Crippen molar-refractivity contribution in [1.29, 1.82) is 21.0 Å². The minimum Gasteiger partial charge on any atom is -0.456 e. The van der Waals surface area contributed by atoms with E-state index in [4.69, 9.17) is 17.7 Å². The lowest BCUT2D eigenvalue weighted by Crippen LogP contribution is -1.98. The van der Waals surface area contributed by atoms with Gasteiger partial charge < -0.3 is 35.9 Å². The molecule has 0 aliphatic rings. The quantitative estimate of drug-likeness (QED) is 0.139. The highest BCUT2D eigenvalue weighted by Crippen LogP contribution is 2.49. The first-order valence-electron chi connectivity index (χ1n) is 44.5. The first kappa shape index (κ1) is 78.7. The van der Waals surface area contributed by atoms with Crippen LogP contribution >= 0.6 is 0 Å². The molecular formula is C120H68N12O4. The van der Waals surface area contributed by atoms with E-state index in [9.17, 15) is 21.0 Å². The molecule has 0 atom stereocenters. The van der Waals surface area contributed by atoms with E-state index in [2.05, 4.69) is 311 Å². The Bertz CT molecular complexity index is 9450. The Labute approximate surface area is 774 Å². The maximum Gasteiger partial charge on any atom is 0.141 e. The fraction of sp³-hybridized carbons (Fsp3) is 0. The van der Waals surface area contributed by atoms with E-state index in [1.807, 2.05) is 121 Å². The monoisotopic (exact) mass is 1740 g/mol. The number of benzene rings is 16. The van der Waals surface area contributed by atoms with Crippen molar-refractivity contribution in [2.75, 3.05) is 0 Å². The van der Waals surface area contributed by atoms with Crippen molar-refractivity contribution in [3.63, 3.8) is 0 Å². The van der Waals surface area contributed by atoms with Gasteiger partial charge in [0.2, 0.25) is 0 Å². The van der Waals surface area contributed by atoms with E-state index in [0.29, 0.717) is 22.4 Å². The molecule has 0 saturated heterocycles. The summed E-state index contributed by atoms with van der Waals surface area (Å²) in [5, 5.41) is 56.6. The summed E-state index contributed by atoms with van der Waals surface area (Å²) in [5.41, 5.74) is 29.7. The standard InChI is InChI=1S/4C30H17N3O/c31-16-19-15-20(18-32-17-19)21-7-1-4-10-24(21)33-25-11-5-2-8-22(25)29-26(33)13-14-28-30(29)23-9-3-6-12-27(23)34-28;31-17-19-18-32-16-15-20(19)21-7-1-4-10-24(21)33-25-11-5-2-8-22(25)29-26(33)13-14-28-30(29)23-9-3-6-12-27(23)34-28;31-18-20-17-19(15-16-32-20)21-7-1-4-10-24(21)33-25-11-5-2-8-22(25)29-26(33)13-14-28-30(29)23-9-3-6-12-27(23)34-28;31-17-19-15-16-32-18-23(19)20-7-1-4-10-24(20)33-25-11-5-2-8-21(25)29-26(33)13-14-28-30(29)22-9-3-6-12-27(22)34-28/h1-15,17-18H;1-16,18H;1-17H;1-16,18H. The molecule has 12 heterocycles. The van der Waals surface area contributed by atoms with Gasteiger partial charge >= 0.3 is 0 Å². The Morgan fingerprint density at radius 1 is 0.206 bits per heavy atom. The van der Waals surface area contributed by atoms with Crippen molar-refractivity contribution in [1.82, 2.24) is 38.2 Å². The molecule has 16 nitrogen and oxygen atoms in total. The highest BCUT2D eigenvalue weighted by Gasteiger charge is 2.28. The molecule has 0 amide bonds. The third kappa shape index (κ3) is 12.6. The Morgan fingerprint density at radius 2 is 0.544 bits per heavy atom. The summed E-state index contributed by atoms with van der Waals surface area (Å²) in [7, 11) is 0. The number of hydrogen-bond donors (Lipinski definition) is 0. The molecule has 12 aromatic heterocycles. The van der Waals surface area contributed by atoms with Crippen molar-refractivity contribution in [3.05, 3.63) is 436 Å². The second-order valence-electron chi connectivity index (χ2n) is 33.4. The number of aromatic nitrogens is 8. The molecule has 28 aromatic rings. The van der Waals surface area contributed by atoms with Crippen LogP contribution in [0.25, 0.3) is 242 Å². The molecule has 0 aliphatic carbocycles. The van der Waals surface area contributed by atoms with Gasteiger partial charge in [-0.25, -0.2) is 4.98 Å². The molecule has 16 heteroatoms. The molecule has 0 fully saturated rings. The number of nitrogens with zero attached hydrogens (tertiary/aromatic N) is 12. The van der Waals surface area contributed by atoms with Gasteiger partial charge in [0, 0.05) is 169 Å². The summed E-state index contributed by atoms with van der Waals surface area (Å²) in [4.78, 5) is 16.9. The average molecular weight is 1740 g/mol. The van der Waals surface area contributed by atoms with Gasteiger partial charge in [0.05, 0.1) is 89.6 Å². The van der Waals surface area contributed by atoms with Crippen LogP contribution in [0, 0.1) is 45.3 Å². The van der Waals surface area contributed by atoms with Gasteiger partial charge in [-0.15, -0.1) is 0 Å². The lowest BCUT2D eigenvalue weighted by molar-refractivity contribution is 0.669. The Kier molecular flexibility index (Phi) is 18.7. The SMILES string of the molecule is N#Cc1cc(-c2ccccc2-n2c3ccccc3c3c4c(ccc32)oc2ccccc24)ccn1.N#Cc1ccncc1-c1ccccc1-n1c2ccccc2c2c3c(ccc21)oc1ccccc13.N#Cc1cncc(-c2ccccc2-n2c3ccccc3c3c4c(ccc32)oc2ccccc24)c1.N#Cc1cnccc1-c1ccccc1-n1c2ccccc2c2c3c(ccc21)oc1ccccc13. The number of para-hydroxylation sites is 12. The van der Waals surface area contributed by atoms with Crippen molar-refractivity contribution in [2.45, 2.75) is 0 Å². The summed E-state index contributed by atoms with van der Waals surface area (Å²) in [6, 6.07) is 135. The predicted octanol–water partition coefficient (Wildman–Crippen LogP) is 30.5. The predicted molar refractivity (Wildman–Crippen MR) is 544 cm³/mol. The van der Waals surface area contributed by atoms with Crippen LogP contribution in [0.3, 0.4) is 0 Å². The van der Waals surface area contributed by atoms with Gasteiger partial charge in [-0.1, -0.05) is 218 Å². The van der Waals surface area contributed by atoms with Crippen LogP contribution in [0.4, 0.5) is 0 Å². The molecule has 632 valence electrons. The summed E-state index contributed by atoms with van der Waals surface area (Å²) >= 11 is 0. The summed E-state index contributed by atoms with van der Waals surface area (Å²) in [6.45, 7) is 0. The molecule has 0 saturated carbocycles. The molecule has 16 aromatic carbocycles. The van der Waals surface area contributed by atoms with Gasteiger partial charge in [0.25, 0.3) is 0 Å². The lowest BCUT2D eigenvalue weighted by Gasteiger charge is -2.14. The fourth-order valence-corrected chi connectivity index (χ4v) is 20.5. The Morgan fingerprint density at radius 3 is 0.941 bits per heavy atom. The topological polar surface area (TPSA) is 219 Å². The normalized spacial score (nSPS) is 11.5. The van der Waals surface area contributed by atoms with Crippen LogP contribution < -0.4 is 0 Å². The first-order chi connectivity index (χ1) is 67.4. The highest BCUT2D eigenvalue weighted by atomic mass is 16.3. The molecule has 0 unspecified atom stereocenters. The Hall–Kier alpha value is -19.5. The van der Waals surface area contributed by atoms with Crippen LogP contribution in [0.1, 0.15) is 22.4 Å². The maximum atomic E-state index is 9.75. The molecule has 0 N–H and O–H groups in total. The first-order valence-corrected chi connectivity index (χ1v) is 44.5. The van der Waals surface area contributed by atoms with E-state index in [1.54, 1.807) is 43.2 Å². The summed E-state index contributed by atoms with van der Waals surface area (Å²) in [6.07, 6.45) is 11.9. The third-order valence-electron chi connectivity index (χ3n) is 26.1.